The van der Waals surface area contributed by atoms with Gasteiger partial charge in [0.25, 0.3) is 0 Å². The molecule has 11 heavy (non-hydrogen) atoms. The summed E-state index contributed by atoms with van der Waals surface area (Å²) in [7, 11) is 0. The maximum atomic E-state index is 11.0. The van der Waals surface area contributed by atoms with Crippen molar-refractivity contribution < 1.29 is 9.59 Å². The normalized spacial score (nSPS) is 14.4. The average Bonchev–Trinajstić information content (AvgIpc) is 2.53. The molecule has 0 radical (unpaired) electrons. The number of thiophene rings is 1. The Labute approximate surface area is 67.0 Å². The molecule has 0 aliphatic carbocycles. The maximum Gasteiger partial charge on any atom is 0.184 e. The predicted molar refractivity (Wildman–Crippen MR) is 42.5 cm³/mol. The maximum absolute atomic E-state index is 11.0. The third-order valence-corrected chi connectivity index (χ3v) is 2.60. The largest absolute Gasteiger partial charge is 0.369 e. The van der Waals surface area contributed by atoms with E-state index in [4.69, 9.17) is 0 Å². The van der Waals surface area contributed by atoms with E-state index in [-0.39, 0.29) is 5.78 Å². The number of carbonyl (C=O) groups is 2. The van der Waals surface area contributed by atoms with Crippen molar-refractivity contribution >= 4 is 28.4 Å². The monoisotopic (exact) mass is 167 g/mol. The van der Waals surface area contributed by atoms with Crippen LogP contribution in [0.2, 0.25) is 0 Å². The molecule has 2 rings (SSSR count). The van der Waals surface area contributed by atoms with Crippen LogP contribution in [0.15, 0.2) is 6.07 Å². The van der Waals surface area contributed by atoms with Crippen LogP contribution in [0.3, 0.4) is 0 Å². The summed E-state index contributed by atoms with van der Waals surface area (Å²) in [5.41, 5.74) is 0.664. The van der Waals surface area contributed by atoms with Gasteiger partial charge in [-0.1, -0.05) is 0 Å². The molecule has 1 N–H and O–H groups in total. The van der Waals surface area contributed by atoms with Gasteiger partial charge in [0.05, 0.1) is 17.0 Å². The number of aldehydes is 1. The number of fused-ring (bicyclic) bond motifs is 1. The van der Waals surface area contributed by atoms with Crippen molar-refractivity contribution in [2.24, 2.45) is 0 Å². The van der Waals surface area contributed by atoms with Gasteiger partial charge in [0.2, 0.25) is 0 Å². The first-order valence-electron chi connectivity index (χ1n) is 3.17. The van der Waals surface area contributed by atoms with E-state index in [2.05, 4.69) is 5.32 Å². The Bertz CT molecular complexity index is 329. The summed E-state index contributed by atoms with van der Waals surface area (Å²) in [5, 5.41) is 3.75. The number of anilines is 1. The van der Waals surface area contributed by atoms with E-state index in [0.29, 0.717) is 17.0 Å². The zero-order valence-electron chi connectivity index (χ0n) is 5.59. The Hall–Kier alpha value is -1.16. The lowest BCUT2D eigenvalue weighted by Crippen LogP contribution is -2.01. The van der Waals surface area contributed by atoms with Crippen molar-refractivity contribution in [2.75, 3.05) is 11.9 Å². The lowest BCUT2D eigenvalue weighted by molar-refractivity contribution is 0.101. The van der Waals surface area contributed by atoms with Gasteiger partial charge in [-0.25, -0.2) is 0 Å². The second kappa shape index (κ2) is 2.17. The number of hydrogen-bond donors (Lipinski definition) is 1. The number of hydrogen-bond acceptors (Lipinski definition) is 4. The van der Waals surface area contributed by atoms with Crippen molar-refractivity contribution in [3.63, 3.8) is 0 Å². The number of Topliss-reactive ketones (excluding diaryl/α,β-unsaturated/α-hetero) is 1. The number of carbonyl (C=O) groups excluding carboxylic acids is 2. The average molecular weight is 167 g/mol. The van der Waals surface area contributed by atoms with E-state index in [0.717, 1.165) is 11.3 Å². The Balaban J connectivity index is 2.54. The fourth-order valence-electron chi connectivity index (χ4n) is 1.06. The zero-order chi connectivity index (χ0) is 7.84. The van der Waals surface area contributed by atoms with Gasteiger partial charge >= 0.3 is 0 Å². The number of nitrogens with one attached hydrogen (secondary N) is 1. The van der Waals surface area contributed by atoms with Crippen LogP contribution in [0.4, 0.5) is 5.00 Å². The van der Waals surface area contributed by atoms with E-state index in [1.807, 2.05) is 0 Å². The minimum absolute atomic E-state index is 0.0735. The third kappa shape index (κ3) is 0.867. The molecule has 0 bridgehead atoms. The van der Waals surface area contributed by atoms with E-state index in [9.17, 15) is 9.59 Å². The molecule has 1 aromatic rings. The van der Waals surface area contributed by atoms with Crippen LogP contribution in [0.5, 0.6) is 0 Å². The minimum Gasteiger partial charge on any atom is -0.369 e. The molecule has 0 fully saturated rings. The van der Waals surface area contributed by atoms with Crippen molar-refractivity contribution in [1.82, 2.24) is 0 Å². The van der Waals surface area contributed by atoms with Gasteiger partial charge in [0.15, 0.2) is 12.1 Å². The van der Waals surface area contributed by atoms with Crippen LogP contribution in [-0.4, -0.2) is 18.6 Å². The zero-order valence-corrected chi connectivity index (χ0v) is 6.40. The highest BCUT2D eigenvalue weighted by atomic mass is 32.1. The molecule has 0 spiro atoms. The Morgan fingerprint density at radius 2 is 2.45 bits per heavy atom. The first-order valence-corrected chi connectivity index (χ1v) is 3.99. The molecule has 0 atom stereocenters. The molecule has 0 aromatic carbocycles. The van der Waals surface area contributed by atoms with Gasteiger partial charge < -0.3 is 5.32 Å². The smallest absolute Gasteiger partial charge is 0.184 e. The van der Waals surface area contributed by atoms with Crippen LogP contribution in [0.1, 0.15) is 20.0 Å². The molecule has 3 nitrogen and oxygen atoms in total. The molecule has 4 heteroatoms. The highest BCUT2D eigenvalue weighted by molar-refractivity contribution is 7.18. The fourth-order valence-corrected chi connectivity index (χ4v) is 1.95. The molecule has 2 heterocycles. The van der Waals surface area contributed by atoms with Gasteiger partial charge in [-0.15, -0.1) is 11.3 Å². The predicted octanol–water partition coefficient (Wildman–Crippen LogP) is 1.17. The van der Waals surface area contributed by atoms with Crippen molar-refractivity contribution in [1.29, 1.82) is 0 Å². The van der Waals surface area contributed by atoms with Gasteiger partial charge in [-0.3, -0.25) is 9.59 Å². The second-order valence-electron chi connectivity index (χ2n) is 2.29. The molecule has 0 unspecified atom stereocenters. The van der Waals surface area contributed by atoms with Crippen LogP contribution in [0, 0.1) is 0 Å². The first-order chi connectivity index (χ1) is 5.31. The summed E-state index contributed by atoms with van der Waals surface area (Å²) in [4.78, 5) is 21.9. The molecule has 1 aliphatic heterocycles. The van der Waals surface area contributed by atoms with Gasteiger partial charge in [0, 0.05) is 0 Å². The molecule has 0 amide bonds. The number of ketones is 1. The van der Waals surface area contributed by atoms with E-state index >= 15 is 0 Å². The molecule has 1 aromatic heterocycles. The molecular formula is C7H5NO2S. The van der Waals surface area contributed by atoms with Crippen molar-refractivity contribution in [3.8, 4) is 0 Å². The minimum atomic E-state index is 0.0735. The molecule has 1 aliphatic rings. The van der Waals surface area contributed by atoms with Crippen LogP contribution < -0.4 is 5.32 Å². The standard InChI is InChI=1S/C7H5NO2S/c9-3-4-1-5-6(10)2-8-7(5)11-4/h1,3,8H,2H2. The quantitative estimate of drug-likeness (QED) is 0.638. The van der Waals surface area contributed by atoms with Gasteiger partial charge in [0.1, 0.15) is 5.00 Å². The van der Waals surface area contributed by atoms with Crippen molar-refractivity contribution in [3.05, 3.63) is 16.5 Å². The summed E-state index contributed by atoms with van der Waals surface area (Å²) in [6.45, 7) is 0.375. The fraction of sp³-hybridized carbons (Fsp3) is 0.143. The van der Waals surface area contributed by atoms with E-state index in [1.54, 1.807) is 6.07 Å². The molecule has 56 valence electrons. The summed E-state index contributed by atoms with van der Waals surface area (Å²) in [5.74, 6) is 0.0735. The van der Waals surface area contributed by atoms with Gasteiger partial charge in [-0.2, -0.15) is 0 Å². The van der Waals surface area contributed by atoms with E-state index < -0.39 is 0 Å². The molecule has 0 saturated heterocycles. The Morgan fingerprint density at radius 3 is 3.09 bits per heavy atom. The number of rotatable bonds is 1. The molecular weight excluding hydrogens is 162 g/mol. The summed E-state index contributed by atoms with van der Waals surface area (Å²) >= 11 is 1.33. The second-order valence-corrected chi connectivity index (χ2v) is 3.37. The Morgan fingerprint density at radius 1 is 1.64 bits per heavy atom. The summed E-state index contributed by atoms with van der Waals surface area (Å²) < 4.78 is 0. The van der Waals surface area contributed by atoms with Crippen LogP contribution in [0.25, 0.3) is 0 Å². The molecule has 0 saturated carbocycles. The first kappa shape index (κ1) is 6.54. The summed E-state index contributed by atoms with van der Waals surface area (Å²) in [6.07, 6.45) is 0.762. The lowest BCUT2D eigenvalue weighted by Gasteiger charge is -1.86. The highest BCUT2D eigenvalue weighted by Crippen LogP contribution is 2.30. The Kier molecular flexibility index (Phi) is 1.29. The summed E-state index contributed by atoms with van der Waals surface area (Å²) in [6, 6.07) is 1.63. The SMILES string of the molecule is O=Cc1cc2c(s1)NCC2=O. The van der Waals surface area contributed by atoms with E-state index in [1.165, 1.54) is 11.3 Å². The topological polar surface area (TPSA) is 46.2 Å². The van der Waals surface area contributed by atoms with Crippen LogP contribution in [-0.2, 0) is 0 Å². The van der Waals surface area contributed by atoms with Crippen molar-refractivity contribution in [2.45, 2.75) is 0 Å². The van der Waals surface area contributed by atoms with Gasteiger partial charge in [-0.05, 0) is 6.07 Å². The highest BCUT2D eigenvalue weighted by Gasteiger charge is 2.21. The van der Waals surface area contributed by atoms with Crippen LogP contribution >= 0.6 is 11.3 Å². The lowest BCUT2D eigenvalue weighted by atomic mass is 10.2. The third-order valence-electron chi connectivity index (χ3n) is 1.58.